The summed E-state index contributed by atoms with van der Waals surface area (Å²) in [6.07, 6.45) is 0. The monoisotopic (exact) mass is 199 g/mol. The van der Waals surface area contributed by atoms with Crippen molar-refractivity contribution < 1.29 is 4.79 Å². The molecule has 0 atom stereocenters. The van der Waals surface area contributed by atoms with Crippen LogP contribution in [0.5, 0.6) is 0 Å². The maximum atomic E-state index is 10.9. The maximum absolute atomic E-state index is 10.9. The molecule has 0 N–H and O–H groups in total. The molecule has 0 bridgehead atoms. The van der Waals surface area contributed by atoms with Gasteiger partial charge in [-0.1, -0.05) is 0 Å². The van der Waals surface area contributed by atoms with Gasteiger partial charge in [0.15, 0.2) is 0 Å². The summed E-state index contributed by atoms with van der Waals surface area (Å²) in [5, 5.41) is 0. The van der Waals surface area contributed by atoms with Gasteiger partial charge in [-0.25, -0.2) is 0 Å². The lowest BCUT2D eigenvalue weighted by molar-refractivity contribution is -0.118. The smallest absolute Gasteiger partial charge is 0.143 e. The number of rotatable bonds is 4. The second-order valence-corrected chi connectivity index (χ2v) is 4.32. The van der Waals surface area contributed by atoms with Crippen molar-refractivity contribution in [2.75, 3.05) is 53.5 Å². The molecule has 0 aliphatic carbocycles. The molecule has 0 aromatic carbocycles. The highest BCUT2D eigenvalue weighted by atomic mass is 16.1. The molecule has 1 aliphatic heterocycles. The molecular weight excluding hydrogens is 178 g/mol. The van der Waals surface area contributed by atoms with E-state index >= 15 is 0 Å². The first-order valence-electron chi connectivity index (χ1n) is 5.17. The van der Waals surface area contributed by atoms with Gasteiger partial charge in [0.2, 0.25) is 0 Å². The highest BCUT2D eigenvalue weighted by molar-refractivity contribution is 5.77. The number of Topliss-reactive ketones (excluding diaryl/α,β-unsaturated/α-hetero) is 1. The first-order valence-corrected chi connectivity index (χ1v) is 5.17. The molecule has 1 rings (SSSR count). The van der Waals surface area contributed by atoms with Gasteiger partial charge in [0.25, 0.3) is 0 Å². The van der Waals surface area contributed by atoms with E-state index < -0.39 is 0 Å². The molecule has 1 saturated heterocycles. The molecule has 4 nitrogen and oxygen atoms in total. The van der Waals surface area contributed by atoms with Gasteiger partial charge in [0, 0.05) is 26.2 Å². The van der Waals surface area contributed by atoms with E-state index in [-0.39, 0.29) is 5.78 Å². The predicted molar refractivity (Wildman–Crippen MR) is 57.2 cm³/mol. The second kappa shape index (κ2) is 5.44. The van der Waals surface area contributed by atoms with Crippen molar-refractivity contribution in [3.63, 3.8) is 0 Å². The van der Waals surface area contributed by atoms with Crippen LogP contribution >= 0.6 is 0 Å². The normalized spacial score (nSPS) is 20.3. The van der Waals surface area contributed by atoms with Crippen molar-refractivity contribution in [3.05, 3.63) is 0 Å². The molecule has 0 saturated carbocycles. The summed E-state index contributed by atoms with van der Waals surface area (Å²) < 4.78 is 0. The summed E-state index contributed by atoms with van der Waals surface area (Å²) in [5.41, 5.74) is 0. The number of carbonyl (C=O) groups excluding carboxylic acids is 1. The van der Waals surface area contributed by atoms with Gasteiger partial charge in [-0.3, -0.25) is 19.5 Å². The average molecular weight is 199 g/mol. The molecule has 0 aromatic rings. The minimum absolute atomic E-state index is 0.269. The minimum atomic E-state index is 0.269. The van der Waals surface area contributed by atoms with E-state index in [4.69, 9.17) is 0 Å². The van der Waals surface area contributed by atoms with Crippen molar-refractivity contribution in [2.45, 2.75) is 6.92 Å². The van der Waals surface area contributed by atoms with Gasteiger partial charge in [0.05, 0.1) is 13.2 Å². The van der Waals surface area contributed by atoms with Crippen LogP contribution in [0, 0.1) is 0 Å². The SMILES string of the molecule is CC(=O)CN1CCN(CN(C)C)CC1. The summed E-state index contributed by atoms with van der Waals surface area (Å²) in [6, 6.07) is 0. The lowest BCUT2D eigenvalue weighted by Crippen LogP contribution is -2.49. The lowest BCUT2D eigenvalue weighted by atomic mass is 10.3. The number of piperazine rings is 1. The van der Waals surface area contributed by atoms with E-state index in [0.717, 1.165) is 32.8 Å². The van der Waals surface area contributed by atoms with Gasteiger partial charge < -0.3 is 0 Å². The van der Waals surface area contributed by atoms with Crippen LogP contribution < -0.4 is 0 Å². The number of hydrogen-bond donors (Lipinski definition) is 0. The molecule has 0 amide bonds. The summed E-state index contributed by atoms with van der Waals surface area (Å²) in [5.74, 6) is 0.269. The molecule has 82 valence electrons. The molecule has 1 fully saturated rings. The Balaban J connectivity index is 2.21. The standard InChI is InChI=1S/C10H21N3O/c1-10(14)8-12-4-6-13(7-5-12)9-11(2)3/h4-9H2,1-3H3. The second-order valence-electron chi connectivity index (χ2n) is 4.32. The molecular formula is C10H21N3O. The van der Waals surface area contributed by atoms with Gasteiger partial charge in [-0.2, -0.15) is 0 Å². The van der Waals surface area contributed by atoms with E-state index in [1.807, 2.05) is 0 Å². The van der Waals surface area contributed by atoms with Crippen LogP contribution in [-0.4, -0.2) is 74.0 Å². The van der Waals surface area contributed by atoms with E-state index in [0.29, 0.717) is 6.54 Å². The Morgan fingerprint density at radius 2 is 1.64 bits per heavy atom. The van der Waals surface area contributed by atoms with Crippen LogP contribution in [0.1, 0.15) is 6.92 Å². The van der Waals surface area contributed by atoms with Gasteiger partial charge in [0.1, 0.15) is 5.78 Å². The third kappa shape index (κ3) is 4.17. The fourth-order valence-corrected chi connectivity index (χ4v) is 1.80. The quantitative estimate of drug-likeness (QED) is 0.622. The fraction of sp³-hybridized carbons (Fsp3) is 0.900. The first-order chi connectivity index (χ1) is 6.58. The zero-order valence-electron chi connectivity index (χ0n) is 9.49. The Hall–Kier alpha value is -0.450. The summed E-state index contributed by atoms with van der Waals surface area (Å²) in [4.78, 5) is 17.7. The van der Waals surface area contributed by atoms with Crippen molar-refractivity contribution in [1.82, 2.24) is 14.7 Å². The third-order valence-electron chi connectivity index (χ3n) is 2.39. The third-order valence-corrected chi connectivity index (χ3v) is 2.39. The summed E-state index contributed by atoms with van der Waals surface area (Å²) in [6.45, 7) is 7.49. The highest BCUT2D eigenvalue weighted by Gasteiger charge is 2.17. The van der Waals surface area contributed by atoms with E-state index in [2.05, 4.69) is 28.8 Å². The van der Waals surface area contributed by atoms with Gasteiger partial charge in [-0.05, 0) is 21.0 Å². The van der Waals surface area contributed by atoms with Crippen LogP contribution in [-0.2, 0) is 4.79 Å². The lowest BCUT2D eigenvalue weighted by Gasteiger charge is -2.35. The van der Waals surface area contributed by atoms with E-state index in [9.17, 15) is 4.79 Å². The average Bonchev–Trinajstić information content (AvgIpc) is 2.06. The van der Waals surface area contributed by atoms with Crippen molar-refractivity contribution in [3.8, 4) is 0 Å². The predicted octanol–water partition coefficient (Wildman–Crippen LogP) is -0.288. The van der Waals surface area contributed by atoms with Crippen LogP contribution in [0.4, 0.5) is 0 Å². The first kappa shape index (κ1) is 11.6. The van der Waals surface area contributed by atoms with Crippen molar-refractivity contribution in [2.24, 2.45) is 0 Å². The molecule has 0 radical (unpaired) electrons. The highest BCUT2D eigenvalue weighted by Crippen LogP contribution is 2.01. The van der Waals surface area contributed by atoms with Crippen molar-refractivity contribution in [1.29, 1.82) is 0 Å². The Morgan fingerprint density at radius 3 is 2.07 bits per heavy atom. The number of hydrogen-bond acceptors (Lipinski definition) is 4. The van der Waals surface area contributed by atoms with Crippen LogP contribution in [0.3, 0.4) is 0 Å². The Bertz CT molecular complexity index is 186. The van der Waals surface area contributed by atoms with E-state index in [1.54, 1.807) is 6.92 Å². The van der Waals surface area contributed by atoms with Gasteiger partial charge >= 0.3 is 0 Å². The molecule has 1 heterocycles. The summed E-state index contributed by atoms with van der Waals surface area (Å²) >= 11 is 0. The van der Waals surface area contributed by atoms with Crippen LogP contribution in [0.15, 0.2) is 0 Å². The van der Waals surface area contributed by atoms with Crippen LogP contribution in [0.2, 0.25) is 0 Å². The number of ketones is 1. The molecule has 1 aliphatic rings. The zero-order chi connectivity index (χ0) is 10.6. The maximum Gasteiger partial charge on any atom is 0.143 e. The number of carbonyl (C=O) groups is 1. The molecule has 0 aromatic heterocycles. The fourth-order valence-electron chi connectivity index (χ4n) is 1.80. The Labute approximate surface area is 86.5 Å². The Kier molecular flexibility index (Phi) is 4.51. The summed E-state index contributed by atoms with van der Waals surface area (Å²) in [7, 11) is 4.17. The molecule has 4 heteroatoms. The Morgan fingerprint density at radius 1 is 1.14 bits per heavy atom. The largest absolute Gasteiger partial charge is 0.299 e. The van der Waals surface area contributed by atoms with Gasteiger partial charge in [-0.15, -0.1) is 0 Å². The molecule has 0 spiro atoms. The minimum Gasteiger partial charge on any atom is -0.299 e. The zero-order valence-corrected chi connectivity index (χ0v) is 9.49. The number of nitrogens with zero attached hydrogens (tertiary/aromatic N) is 3. The van der Waals surface area contributed by atoms with E-state index in [1.165, 1.54) is 0 Å². The molecule has 0 unspecified atom stereocenters. The van der Waals surface area contributed by atoms with Crippen molar-refractivity contribution >= 4 is 5.78 Å². The topological polar surface area (TPSA) is 26.8 Å². The van der Waals surface area contributed by atoms with Crippen LogP contribution in [0.25, 0.3) is 0 Å². The molecule has 14 heavy (non-hydrogen) atoms.